The molecule has 0 N–H and O–H groups in total. The standard InChI is InChI=1S/C17H19N7O2/c1-12-7-13(3-4-16(12)26-2)17(25)22-10-15(11-22)23-8-14(20-21-23)9-24-18-5-6-19-24/h3-8,15H,9-11H2,1-2H3. The van der Waals surface area contributed by atoms with E-state index in [0.29, 0.717) is 25.2 Å². The van der Waals surface area contributed by atoms with Crippen LogP contribution in [0.15, 0.2) is 36.8 Å². The van der Waals surface area contributed by atoms with Crippen molar-refractivity contribution in [1.82, 2.24) is 34.9 Å². The number of rotatable bonds is 5. The zero-order chi connectivity index (χ0) is 18.1. The molecule has 9 nitrogen and oxygen atoms in total. The van der Waals surface area contributed by atoms with Crippen LogP contribution in [0.4, 0.5) is 0 Å². The SMILES string of the molecule is COc1ccc(C(=O)N2CC(n3cc(Cn4nccn4)nn3)C2)cc1C. The van der Waals surface area contributed by atoms with Crippen molar-refractivity contribution < 1.29 is 9.53 Å². The minimum Gasteiger partial charge on any atom is -0.496 e. The van der Waals surface area contributed by atoms with Gasteiger partial charge >= 0.3 is 0 Å². The summed E-state index contributed by atoms with van der Waals surface area (Å²) in [7, 11) is 1.62. The molecule has 4 rings (SSSR count). The minimum absolute atomic E-state index is 0.0214. The lowest BCUT2D eigenvalue weighted by Gasteiger charge is -2.38. The average molecular weight is 353 g/mol. The topological polar surface area (TPSA) is 91.0 Å². The molecule has 1 saturated heterocycles. The second-order valence-electron chi connectivity index (χ2n) is 6.30. The first-order valence-corrected chi connectivity index (χ1v) is 8.33. The van der Waals surface area contributed by atoms with E-state index in [-0.39, 0.29) is 11.9 Å². The third-order valence-corrected chi connectivity index (χ3v) is 4.49. The van der Waals surface area contributed by atoms with E-state index >= 15 is 0 Å². The van der Waals surface area contributed by atoms with Crippen molar-refractivity contribution in [3.05, 3.63) is 53.6 Å². The first-order valence-electron chi connectivity index (χ1n) is 8.33. The maximum atomic E-state index is 12.6. The summed E-state index contributed by atoms with van der Waals surface area (Å²) in [5.41, 5.74) is 2.41. The molecule has 0 aliphatic carbocycles. The Hall–Kier alpha value is -3.23. The number of carbonyl (C=O) groups is 1. The molecule has 26 heavy (non-hydrogen) atoms. The van der Waals surface area contributed by atoms with Crippen molar-refractivity contribution in [1.29, 1.82) is 0 Å². The van der Waals surface area contributed by atoms with E-state index in [9.17, 15) is 4.79 Å². The van der Waals surface area contributed by atoms with E-state index in [2.05, 4.69) is 20.5 Å². The van der Waals surface area contributed by atoms with Crippen molar-refractivity contribution >= 4 is 5.91 Å². The number of hydrogen-bond acceptors (Lipinski definition) is 6. The number of aromatic nitrogens is 6. The molecule has 0 bridgehead atoms. The number of amides is 1. The average Bonchev–Trinajstić information content (AvgIpc) is 3.26. The van der Waals surface area contributed by atoms with E-state index in [4.69, 9.17) is 4.74 Å². The van der Waals surface area contributed by atoms with Crippen LogP contribution in [0.2, 0.25) is 0 Å². The van der Waals surface area contributed by atoms with Crippen molar-refractivity contribution in [3.8, 4) is 5.75 Å². The Morgan fingerprint density at radius 1 is 1.27 bits per heavy atom. The van der Waals surface area contributed by atoms with Crippen LogP contribution in [0.5, 0.6) is 5.75 Å². The lowest BCUT2D eigenvalue weighted by Crippen LogP contribution is -2.50. The Morgan fingerprint density at radius 3 is 2.73 bits per heavy atom. The molecule has 134 valence electrons. The van der Waals surface area contributed by atoms with Gasteiger partial charge < -0.3 is 9.64 Å². The number of nitrogens with zero attached hydrogens (tertiary/aromatic N) is 7. The fourth-order valence-electron chi connectivity index (χ4n) is 3.02. The second-order valence-corrected chi connectivity index (χ2v) is 6.30. The van der Waals surface area contributed by atoms with Gasteiger partial charge in [-0.3, -0.25) is 4.79 Å². The minimum atomic E-state index is 0.0214. The zero-order valence-corrected chi connectivity index (χ0v) is 14.6. The highest BCUT2D eigenvalue weighted by molar-refractivity contribution is 5.95. The van der Waals surface area contributed by atoms with Crippen molar-refractivity contribution in [2.75, 3.05) is 20.2 Å². The van der Waals surface area contributed by atoms with Gasteiger partial charge in [-0.15, -0.1) is 5.10 Å². The van der Waals surface area contributed by atoms with Gasteiger partial charge in [-0.1, -0.05) is 5.21 Å². The second kappa shape index (κ2) is 6.58. The van der Waals surface area contributed by atoms with Gasteiger partial charge in [-0.2, -0.15) is 15.0 Å². The smallest absolute Gasteiger partial charge is 0.254 e. The lowest BCUT2D eigenvalue weighted by molar-refractivity contribution is 0.0498. The van der Waals surface area contributed by atoms with Gasteiger partial charge in [0.15, 0.2) is 0 Å². The van der Waals surface area contributed by atoms with Crippen LogP contribution >= 0.6 is 0 Å². The Kier molecular flexibility index (Phi) is 4.11. The molecule has 3 aromatic rings. The fourth-order valence-corrected chi connectivity index (χ4v) is 3.02. The molecule has 0 atom stereocenters. The maximum absolute atomic E-state index is 12.6. The predicted molar refractivity (Wildman–Crippen MR) is 91.8 cm³/mol. The number of benzene rings is 1. The summed E-state index contributed by atoms with van der Waals surface area (Å²) >= 11 is 0. The molecule has 1 aliphatic rings. The highest BCUT2D eigenvalue weighted by Gasteiger charge is 2.33. The van der Waals surface area contributed by atoms with Gasteiger partial charge in [0.1, 0.15) is 18.0 Å². The molecule has 0 spiro atoms. The van der Waals surface area contributed by atoms with Crippen molar-refractivity contribution in [2.45, 2.75) is 19.5 Å². The largest absolute Gasteiger partial charge is 0.496 e. The number of aryl methyl sites for hydroxylation is 1. The summed E-state index contributed by atoms with van der Waals surface area (Å²) in [6.45, 7) is 3.65. The third-order valence-electron chi connectivity index (χ3n) is 4.49. The molecule has 9 heteroatoms. The highest BCUT2D eigenvalue weighted by Crippen LogP contribution is 2.25. The highest BCUT2D eigenvalue weighted by atomic mass is 16.5. The van der Waals surface area contributed by atoms with Crippen LogP contribution in [-0.2, 0) is 6.54 Å². The third kappa shape index (κ3) is 3.03. The maximum Gasteiger partial charge on any atom is 0.254 e. The lowest BCUT2D eigenvalue weighted by atomic mass is 10.0. The monoisotopic (exact) mass is 353 g/mol. The Labute approximate surface area is 150 Å². The first kappa shape index (κ1) is 16.2. The molecular formula is C17H19N7O2. The summed E-state index contributed by atoms with van der Waals surface area (Å²) in [5.74, 6) is 0.804. The molecule has 0 radical (unpaired) electrons. The predicted octanol–water partition coefficient (Wildman–Crippen LogP) is 0.932. The molecular weight excluding hydrogens is 334 g/mol. The summed E-state index contributed by atoms with van der Waals surface area (Å²) < 4.78 is 7.05. The normalized spacial score (nSPS) is 14.3. The fraction of sp³-hybridized carbons (Fsp3) is 0.353. The van der Waals surface area contributed by atoms with Gasteiger partial charge in [0.2, 0.25) is 0 Å². The van der Waals surface area contributed by atoms with Crippen molar-refractivity contribution in [2.24, 2.45) is 0 Å². The number of carbonyl (C=O) groups excluding carboxylic acids is 1. The van der Waals surface area contributed by atoms with Gasteiger partial charge in [0, 0.05) is 18.7 Å². The van der Waals surface area contributed by atoms with E-state index in [1.807, 2.05) is 34.8 Å². The van der Waals surface area contributed by atoms with E-state index in [1.165, 1.54) is 0 Å². The number of likely N-dealkylation sites (tertiary alicyclic amines) is 1. The molecule has 0 saturated carbocycles. The summed E-state index contributed by atoms with van der Waals surface area (Å²) in [6.07, 6.45) is 5.13. The van der Waals surface area contributed by atoms with Crippen LogP contribution in [0.1, 0.15) is 27.7 Å². The summed E-state index contributed by atoms with van der Waals surface area (Å²) in [5, 5.41) is 16.4. The van der Waals surface area contributed by atoms with Gasteiger partial charge in [-0.05, 0) is 30.7 Å². The number of methoxy groups -OCH3 is 1. The van der Waals surface area contributed by atoms with Gasteiger partial charge in [0.05, 0.1) is 31.7 Å². The molecule has 0 unspecified atom stereocenters. The van der Waals surface area contributed by atoms with E-state index < -0.39 is 0 Å². The quantitative estimate of drug-likeness (QED) is 0.678. The van der Waals surface area contributed by atoms with Crippen LogP contribution in [0.25, 0.3) is 0 Å². The van der Waals surface area contributed by atoms with Gasteiger partial charge in [0.25, 0.3) is 5.91 Å². The van der Waals surface area contributed by atoms with Crippen LogP contribution in [-0.4, -0.2) is 61.0 Å². The molecule has 2 aromatic heterocycles. The Morgan fingerprint density at radius 2 is 2.04 bits per heavy atom. The van der Waals surface area contributed by atoms with Crippen LogP contribution < -0.4 is 4.74 Å². The van der Waals surface area contributed by atoms with Crippen LogP contribution in [0.3, 0.4) is 0 Å². The molecule has 1 aromatic carbocycles. The molecule has 1 amide bonds. The summed E-state index contributed by atoms with van der Waals surface area (Å²) in [4.78, 5) is 16.0. The van der Waals surface area contributed by atoms with Crippen molar-refractivity contribution in [3.63, 3.8) is 0 Å². The Bertz CT molecular complexity index is 913. The molecule has 1 aliphatic heterocycles. The first-order chi connectivity index (χ1) is 12.6. The Balaban J connectivity index is 1.37. The number of ether oxygens (including phenoxy) is 1. The van der Waals surface area contributed by atoms with E-state index in [1.54, 1.807) is 30.4 Å². The van der Waals surface area contributed by atoms with Gasteiger partial charge in [-0.25, -0.2) is 4.68 Å². The number of hydrogen-bond donors (Lipinski definition) is 0. The van der Waals surface area contributed by atoms with E-state index in [0.717, 1.165) is 17.0 Å². The van der Waals surface area contributed by atoms with Crippen LogP contribution in [0, 0.1) is 6.92 Å². The molecule has 1 fully saturated rings. The summed E-state index contributed by atoms with van der Waals surface area (Å²) in [6, 6.07) is 5.63. The molecule has 3 heterocycles. The zero-order valence-electron chi connectivity index (χ0n) is 14.6.